The Labute approximate surface area is 139 Å². The van der Waals surface area contributed by atoms with Crippen LogP contribution >= 0.6 is 0 Å². The van der Waals surface area contributed by atoms with Crippen LogP contribution in [0, 0.1) is 0 Å². The van der Waals surface area contributed by atoms with Crippen molar-refractivity contribution in [2.75, 3.05) is 5.32 Å². The van der Waals surface area contributed by atoms with Crippen molar-refractivity contribution < 1.29 is 4.79 Å². The molecule has 2 heterocycles. The molecule has 0 atom stereocenters. The molecule has 2 aromatic heterocycles. The number of rotatable bonds is 4. The maximum absolute atomic E-state index is 12.3. The van der Waals surface area contributed by atoms with E-state index in [1.807, 2.05) is 54.7 Å². The molecule has 0 aliphatic carbocycles. The minimum atomic E-state index is 0.0108. The van der Waals surface area contributed by atoms with Crippen molar-refractivity contribution >= 4 is 33.4 Å². The van der Waals surface area contributed by atoms with E-state index < -0.39 is 0 Å². The van der Waals surface area contributed by atoms with Crippen LogP contribution in [0.1, 0.15) is 12.0 Å². The molecule has 0 saturated carbocycles. The van der Waals surface area contributed by atoms with E-state index >= 15 is 0 Å². The molecule has 4 rings (SSSR count). The Kier molecular flexibility index (Phi) is 3.71. The third-order valence-corrected chi connectivity index (χ3v) is 4.22. The fourth-order valence-corrected chi connectivity index (χ4v) is 3.01. The summed E-state index contributed by atoms with van der Waals surface area (Å²) in [4.78, 5) is 19.9. The van der Waals surface area contributed by atoms with Crippen LogP contribution in [0.3, 0.4) is 0 Å². The zero-order chi connectivity index (χ0) is 16.4. The minimum absolute atomic E-state index is 0.0108. The molecule has 0 aliphatic rings. The predicted molar refractivity (Wildman–Crippen MR) is 97.0 cm³/mol. The maximum Gasteiger partial charge on any atom is 0.224 e. The fraction of sp³-hybridized carbons (Fsp3) is 0.100. The number of anilines is 1. The van der Waals surface area contributed by atoms with E-state index in [1.54, 1.807) is 6.20 Å². The van der Waals surface area contributed by atoms with Gasteiger partial charge in [-0.1, -0.05) is 24.3 Å². The Hall–Kier alpha value is -3.14. The molecule has 0 fully saturated rings. The molecule has 2 aromatic carbocycles. The van der Waals surface area contributed by atoms with E-state index in [2.05, 4.69) is 21.4 Å². The molecule has 4 aromatic rings. The van der Waals surface area contributed by atoms with Gasteiger partial charge in [-0.05, 0) is 42.3 Å². The van der Waals surface area contributed by atoms with Gasteiger partial charge in [0.15, 0.2) is 0 Å². The molecule has 118 valence electrons. The van der Waals surface area contributed by atoms with Crippen molar-refractivity contribution in [1.82, 2.24) is 9.97 Å². The Balaban J connectivity index is 1.48. The van der Waals surface area contributed by atoms with Gasteiger partial charge in [0.1, 0.15) is 0 Å². The van der Waals surface area contributed by atoms with Crippen LogP contribution < -0.4 is 5.32 Å². The molecule has 0 aliphatic heterocycles. The highest BCUT2D eigenvalue weighted by Gasteiger charge is 2.08. The normalized spacial score (nSPS) is 11.0. The van der Waals surface area contributed by atoms with Crippen molar-refractivity contribution in [2.24, 2.45) is 0 Å². The van der Waals surface area contributed by atoms with Crippen LogP contribution in [0.2, 0.25) is 0 Å². The number of amides is 1. The lowest BCUT2D eigenvalue weighted by atomic mass is 10.1. The highest BCUT2D eigenvalue weighted by Crippen LogP contribution is 2.22. The summed E-state index contributed by atoms with van der Waals surface area (Å²) in [5.74, 6) is 0.0108. The topological polar surface area (TPSA) is 57.8 Å². The number of nitrogens with one attached hydrogen (secondary N) is 2. The number of nitrogens with zero attached hydrogens (tertiary/aromatic N) is 1. The first kappa shape index (κ1) is 14.5. The van der Waals surface area contributed by atoms with E-state index in [4.69, 9.17) is 0 Å². The molecule has 0 radical (unpaired) electrons. The van der Waals surface area contributed by atoms with Gasteiger partial charge in [0.25, 0.3) is 0 Å². The Morgan fingerprint density at radius 1 is 1.00 bits per heavy atom. The lowest BCUT2D eigenvalue weighted by Crippen LogP contribution is -2.12. The summed E-state index contributed by atoms with van der Waals surface area (Å²) >= 11 is 0. The Bertz CT molecular complexity index is 1010. The molecule has 4 nitrogen and oxygen atoms in total. The number of H-pyrrole nitrogens is 1. The third-order valence-electron chi connectivity index (χ3n) is 4.22. The molecule has 24 heavy (non-hydrogen) atoms. The number of carbonyl (C=O) groups excluding carboxylic acids is 1. The van der Waals surface area contributed by atoms with Crippen LogP contribution in [-0.2, 0) is 11.2 Å². The zero-order valence-corrected chi connectivity index (χ0v) is 13.1. The molecular formula is C20H17N3O. The molecule has 0 bridgehead atoms. The van der Waals surface area contributed by atoms with E-state index in [1.165, 1.54) is 10.9 Å². The number of aromatic nitrogens is 2. The molecule has 4 heteroatoms. The number of carbonyl (C=O) groups is 1. The van der Waals surface area contributed by atoms with E-state index in [9.17, 15) is 4.79 Å². The average Bonchev–Trinajstić information content (AvgIpc) is 3.04. The lowest BCUT2D eigenvalue weighted by molar-refractivity contribution is -0.116. The Morgan fingerprint density at radius 2 is 1.88 bits per heavy atom. The summed E-state index contributed by atoms with van der Waals surface area (Å²) in [5.41, 5.74) is 3.96. The van der Waals surface area contributed by atoms with Crippen LogP contribution in [0.4, 0.5) is 5.69 Å². The number of aromatic amines is 1. The van der Waals surface area contributed by atoms with Gasteiger partial charge in [-0.3, -0.25) is 9.78 Å². The van der Waals surface area contributed by atoms with Crippen LogP contribution in [0.15, 0.2) is 67.0 Å². The summed E-state index contributed by atoms with van der Waals surface area (Å²) in [6.45, 7) is 0. The molecular weight excluding hydrogens is 298 g/mol. The van der Waals surface area contributed by atoms with Gasteiger partial charge >= 0.3 is 0 Å². The third kappa shape index (κ3) is 2.74. The summed E-state index contributed by atoms with van der Waals surface area (Å²) in [5, 5.41) is 5.15. The van der Waals surface area contributed by atoms with Gasteiger partial charge in [0.05, 0.1) is 11.2 Å². The summed E-state index contributed by atoms with van der Waals surface area (Å²) in [7, 11) is 0. The smallest absolute Gasteiger partial charge is 0.224 e. The summed E-state index contributed by atoms with van der Waals surface area (Å²) in [6.07, 6.45) is 4.89. The largest absolute Gasteiger partial charge is 0.361 e. The molecule has 1 amide bonds. The number of hydrogen-bond donors (Lipinski definition) is 2. The lowest BCUT2D eigenvalue weighted by Gasteiger charge is -2.08. The quantitative estimate of drug-likeness (QED) is 0.590. The maximum atomic E-state index is 12.3. The van der Waals surface area contributed by atoms with Crippen LogP contribution in [0.25, 0.3) is 21.8 Å². The van der Waals surface area contributed by atoms with E-state index in [-0.39, 0.29) is 5.91 Å². The van der Waals surface area contributed by atoms with E-state index in [0.717, 1.165) is 22.1 Å². The first-order valence-electron chi connectivity index (χ1n) is 8.00. The second-order valence-corrected chi connectivity index (χ2v) is 5.78. The first-order valence-corrected chi connectivity index (χ1v) is 8.00. The van der Waals surface area contributed by atoms with Crippen molar-refractivity contribution in [1.29, 1.82) is 0 Å². The monoisotopic (exact) mass is 315 g/mol. The number of benzene rings is 2. The van der Waals surface area contributed by atoms with Gasteiger partial charge in [0.2, 0.25) is 5.91 Å². The van der Waals surface area contributed by atoms with Crippen LogP contribution in [-0.4, -0.2) is 15.9 Å². The summed E-state index contributed by atoms with van der Waals surface area (Å²) in [6, 6.07) is 17.8. The van der Waals surface area contributed by atoms with Crippen molar-refractivity contribution in [3.63, 3.8) is 0 Å². The SMILES string of the molecule is O=C(CCc1c[nH]c2ccccc12)Nc1cccc2ncccc12. The summed E-state index contributed by atoms with van der Waals surface area (Å²) < 4.78 is 0. The highest BCUT2D eigenvalue weighted by molar-refractivity contribution is 6.01. The van der Waals surface area contributed by atoms with Gasteiger partial charge in [-0.25, -0.2) is 0 Å². The van der Waals surface area contributed by atoms with Gasteiger partial charge in [0, 0.05) is 35.1 Å². The average molecular weight is 315 g/mol. The number of pyridine rings is 1. The predicted octanol–water partition coefficient (Wildman–Crippen LogP) is 4.29. The van der Waals surface area contributed by atoms with Crippen molar-refractivity contribution in [3.8, 4) is 0 Å². The van der Waals surface area contributed by atoms with E-state index in [0.29, 0.717) is 12.8 Å². The number of fused-ring (bicyclic) bond motifs is 2. The highest BCUT2D eigenvalue weighted by atomic mass is 16.1. The molecule has 0 saturated heterocycles. The van der Waals surface area contributed by atoms with Crippen LogP contribution in [0.5, 0.6) is 0 Å². The van der Waals surface area contributed by atoms with Crippen molar-refractivity contribution in [2.45, 2.75) is 12.8 Å². The van der Waals surface area contributed by atoms with Gasteiger partial charge < -0.3 is 10.3 Å². The second kappa shape index (κ2) is 6.16. The zero-order valence-electron chi connectivity index (χ0n) is 13.1. The number of aryl methyl sites for hydroxylation is 1. The second-order valence-electron chi connectivity index (χ2n) is 5.78. The first-order chi connectivity index (χ1) is 11.8. The van der Waals surface area contributed by atoms with Gasteiger partial charge in [-0.2, -0.15) is 0 Å². The fourth-order valence-electron chi connectivity index (χ4n) is 3.01. The molecule has 0 unspecified atom stereocenters. The minimum Gasteiger partial charge on any atom is -0.361 e. The number of para-hydroxylation sites is 1. The molecule has 0 spiro atoms. The van der Waals surface area contributed by atoms with Gasteiger partial charge in [-0.15, -0.1) is 0 Å². The molecule has 2 N–H and O–H groups in total. The number of hydrogen-bond acceptors (Lipinski definition) is 2. The van der Waals surface area contributed by atoms with Crippen molar-refractivity contribution in [3.05, 3.63) is 72.6 Å². The standard InChI is InChI=1S/C20H17N3O/c24-20(11-10-14-13-22-17-7-2-1-5-15(14)17)23-19-9-3-8-18-16(19)6-4-12-21-18/h1-9,12-13,22H,10-11H2,(H,23,24). The Morgan fingerprint density at radius 3 is 2.83 bits per heavy atom.